The van der Waals surface area contributed by atoms with Crippen molar-refractivity contribution >= 4 is 11.7 Å². The Balaban J connectivity index is 1.90. The number of likely N-dealkylation sites (tertiary alicyclic amines) is 1. The van der Waals surface area contributed by atoms with Crippen LogP contribution in [0.4, 0.5) is 5.82 Å². The van der Waals surface area contributed by atoms with E-state index in [4.69, 9.17) is 4.74 Å². The molecule has 1 aliphatic rings. The Morgan fingerprint density at radius 3 is 2.88 bits per heavy atom. The molecule has 0 N–H and O–H groups in total. The molecule has 2 aromatic heterocycles. The van der Waals surface area contributed by atoms with Crippen molar-refractivity contribution in [1.29, 1.82) is 0 Å². The van der Waals surface area contributed by atoms with Crippen LogP contribution in [0.2, 0.25) is 0 Å². The van der Waals surface area contributed by atoms with Crippen molar-refractivity contribution in [3.8, 4) is 5.88 Å². The molecular formula is C18H22N4O2. The third kappa shape index (κ3) is 3.04. The Bertz CT molecular complexity index is 732. The molecular weight excluding hydrogens is 304 g/mol. The SMILES string of the molecule is COc1ncccc1C(=O)N1CCC[C@H]1c1ccnc(N(C)C)c1. The van der Waals surface area contributed by atoms with Gasteiger partial charge in [0.15, 0.2) is 0 Å². The largest absolute Gasteiger partial charge is 0.480 e. The summed E-state index contributed by atoms with van der Waals surface area (Å²) in [5.41, 5.74) is 1.62. The van der Waals surface area contributed by atoms with Crippen LogP contribution in [-0.4, -0.2) is 48.5 Å². The Morgan fingerprint density at radius 2 is 2.12 bits per heavy atom. The number of anilines is 1. The lowest BCUT2D eigenvalue weighted by Gasteiger charge is -2.26. The van der Waals surface area contributed by atoms with E-state index < -0.39 is 0 Å². The second kappa shape index (κ2) is 6.86. The number of aromatic nitrogens is 2. The third-order valence-corrected chi connectivity index (χ3v) is 4.32. The van der Waals surface area contributed by atoms with Gasteiger partial charge in [-0.05, 0) is 42.7 Å². The standard InChI is InChI=1S/C18H22N4O2/c1-21(2)16-12-13(8-10-19-16)15-7-5-11-22(15)18(23)14-6-4-9-20-17(14)24-3/h4,6,8-10,12,15H,5,7,11H2,1-3H3/t15-/m0/s1. The van der Waals surface area contributed by atoms with Crippen LogP contribution in [0.25, 0.3) is 0 Å². The molecule has 1 amide bonds. The highest BCUT2D eigenvalue weighted by molar-refractivity contribution is 5.96. The van der Waals surface area contributed by atoms with E-state index in [-0.39, 0.29) is 11.9 Å². The lowest BCUT2D eigenvalue weighted by molar-refractivity contribution is 0.0731. The second-order valence-electron chi connectivity index (χ2n) is 6.06. The number of ether oxygens (including phenoxy) is 1. The smallest absolute Gasteiger partial charge is 0.259 e. The molecule has 3 rings (SSSR count). The fourth-order valence-corrected chi connectivity index (χ4v) is 3.11. The molecule has 0 spiro atoms. The van der Waals surface area contributed by atoms with Gasteiger partial charge in [-0.2, -0.15) is 0 Å². The van der Waals surface area contributed by atoms with Crippen molar-refractivity contribution in [2.45, 2.75) is 18.9 Å². The zero-order valence-corrected chi connectivity index (χ0v) is 14.3. The second-order valence-corrected chi connectivity index (χ2v) is 6.06. The molecule has 1 saturated heterocycles. The Labute approximate surface area is 142 Å². The molecule has 0 bridgehead atoms. The minimum atomic E-state index is -0.0364. The van der Waals surface area contributed by atoms with E-state index in [2.05, 4.69) is 16.0 Å². The number of nitrogens with zero attached hydrogens (tertiary/aromatic N) is 4. The number of methoxy groups -OCH3 is 1. The van der Waals surface area contributed by atoms with Gasteiger partial charge in [0.2, 0.25) is 5.88 Å². The first-order valence-electron chi connectivity index (χ1n) is 8.05. The van der Waals surface area contributed by atoms with Crippen molar-refractivity contribution in [1.82, 2.24) is 14.9 Å². The van der Waals surface area contributed by atoms with Gasteiger partial charge in [-0.15, -0.1) is 0 Å². The zero-order valence-electron chi connectivity index (χ0n) is 14.3. The van der Waals surface area contributed by atoms with Crippen LogP contribution >= 0.6 is 0 Å². The normalized spacial score (nSPS) is 17.0. The summed E-state index contributed by atoms with van der Waals surface area (Å²) < 4.78 is 5.24. The van der Waals surface area contributed by atoms with E-state index in [1.807, 2.05) is 30.0 Å². The molecule has 0 aliphatic carbocycles. The summed E-state index contributed by atoms with van der Waals surface area (Å²) in [6.45, 7) is 0.737. The summed E-state index contributed by atoms with van der Waals surface area (Å²) in [5.74, 6) is 1.23. The quantitative estimate of drug-likeness (QED) is 0.864. The fraction of sp³-hybridized carbons (Fsp3) is 0.389. The van der Waals surface area contributed by atoms with Gasteiger partial charge in [-0.25, -0.2) is 9.97 Å². The lowest BCUT2D eigenvalue weighted by Crippen LogP contribution is -2.31. The molecule has 0 unspecified atom stereocenters. The predicted octanol–water partition coefficient (Wildman–Crippen LogP) is 2.53. The summed E-state index contributed by atoms with van der Waals surface area (Å²) >= 11 is 0. The molecule has 1 atom stereocenters. The van der Waals surface area contributed by atoms with Crippen molar-refractivity contribution in [3.05, 3.63) is 47.8 Å². The maximum absolute atomic E-state index is 13.0. The van der Waals surface area contributed by atoms with Gasteiger partial charge in [-0.1, -0.05) is 0 Å². The maximum atomic E-state index is 13.0. The van der Waals surface area contributed by atoms with Gasteiger partial charge >= 0.3 is 0 Å². The average molecular weight is 326 g/mol. The fourth-order valence-electron chi connectivity index (χ4n) is 3.11. The van der Waals surface area contributed by atoms with Gasteiger partial charge in [0.1, 0.15) is 11.4 Å². The summed E-state index contributed by atoms with van der Waals surface area (Å²) in [4.78, 5) is 25.4. The zero-order chi connectivity index (χ0) is 17.1. The van der Waals surface area contributed by atoms with Crippen LogP contribution in [0.15, 0.2) is 36.7 Å². The summed E-state index contributed by atoms with van der Waals surface area (Å²) in [6, 6.07) is 7.63. The van der Waals surface area contributed by atoms with Gasteiger partial charge in [-0.3, -0.25) is 4.79 Å². The van der Waals surface area contributed by atoms with Gasteiger partial charge in [0, 0.05) is 33.0 Å². The molecule has 6 nitrogen and oxygen atoms in total. The molecule has 2 aromatic rings. The van der Waals surface area contributed by atoms with Crippen LogP contribution in [0.3, 0.4) is 0 Å². The Kier molecular flexibility index (Phi) is 4.64. The van der Waals surface area contributed by atoms with E-state index in [0.29, 0.717) is 11.4 Å². The van der Waals surface area contributed by atoms with Crippen molar-refractivity contribution in [3.63, 3.8) is 0 Å². The first kappa shape index (κ1) is 16.2. The summed E-state index contributed by atoms with van der Waals surface area (Å²) in [7, 11) is 5.46. The van der Waals surface area contributed by atoms with Gasteiger partial charge in [0.05, 0.1) is 13.2 Å². The van der Waals surface area contributed by atoms with E-state index >= 15 is 0 Å². The molecule has 1 fully saturated rings. The van der Waals surface area contributed by atoms with Crippen LogP contribution in [0.1, 0.15) is 34.8 Å². The molecule has 126 valence electrons. The molecule has 0 radical (unpaired) electrons. The summed E-state index contributed by atoms with van der Waals surface area (Å²) in [6.07, 6.45) is 5.36. The van der Waals surface area contributed by atoms with E-state index in [9.17, 15) is 4.79 Å². The maximum Gasteiger partial charge on any atom is 0.259 e. The topological polar surface area (TPSA) is 58.6 Å². The molecule has 3 heterocycles. The number of carbonyl (C=O) groups excluding carboxylic acids is 1. The highest BCUT2D eigenvalue weighted by atomic mass is 16.5. The third-order valence-electron chi connectivity index (χ3n) is 4.32. The molecule has 1 aliphatic heterocycles. The Morgan fingerprint density at radius 1 is 1.29 bits per heavy atom. The van der Waals surface area contributed by atoms with Crippen LogP contribution in [0, 0.1) is 0 Å². The van der Waals surface area contributed by atoms with Crippen molar-refractivity contribution in [2.75, 3.05) is 32.6 Å². The monoisotopic (exact) mass is 326 g/mol. The number of hydrogen-bond donors (Lipinski definition) is 0. The van der Waals surface area contributed by atoms with Gasteiger partial charge in [0.25, 0.3) is 5.91 Å². The van der Waals surface area contributed by atoms with Crippen molar-refractivity contribution in [2.24, 2.45) is 0 Å². The first-order valence-corrected chi connectivity index (χ1v) is 8.05. The average Bonchev–Trinajstić information content (AvgIpc) is 3.11. The van der Waals surface area contributed by atoms with Crippen molar-refractivity contribution < 1.29 is 9.53 Å². The van der Waals surface area contributed by atoms with E-state index in [1.54, 1.807) is 24.5 Å². The number of rotatable bonds is 4. The highest BCUT2D eigenvalue weighted by Crippen LogP contribution is 2.34. The first-order chi connectivity index (χ1) is 11.6. The number of pyridine rings is 2. The van der Waals surface area contributed by atoms with Crippen LogP contribution < -0.4 is 9.64 Å². The molecule has 0 saturated carbocycles. The number of carbonyl (C=O) groups is 1. The predicted molar refractivity (Wildman–Crippen MR) is 92.4 cm³/mol. The molecule has 24 heavy (non-hydrogen) atoms. The lowest BCUT2D eigenvalue weighted by atomic mass is 10.0. The highest BCUT2D eigenvalue weighted by Gasteiger charge is 2.32. The minimum absolute atomic E-state index is 0.0364. The molecule has 0 aromatic carbocycles. The number of amides is 1. The van der Waals surface area contributed by atoms with E-state index in [0.717, 1.165) is 30.8 Å². The summed E-state index contributed by atoms with van der Waals surface area (Å²) in [5, 5.41) is 0. The Hall–Kier alpha value is -2.63. The van der Waals surface area contributed by atoms with Crippen LogP contribution in [-0.2, 0) is 0 Å². The van der Waals surface area contributed by atoms with Crippen LogP contribution in [0.5, 0.6) is 5.88 Å². The molecule has 6 heteroatoms. The van der Waals surface area contributed by atoms with E-state index in [1.165, 1.54) is 7.11 Å². The number of hydrogen-bond acceptors (Lipinski definition) is 5. The minimum Gasteiger partial charge on any atom is -0.480 e. The van der Waals surface area contributed by atoms with Gasteiger partial charge < -0.3 is 14.5 Å².